The highest BCUT2D eigenvalue weighted by atomic mass is 16.7. The van der Waals surface area contributed by atoms with Crippen molar-refractivity contribution in [2.45, 2.75) is 108 Å². The molecule has 2 aliphatic heterocycles. The Kier molecular flexibility index (Phi) is 14.8. The van der Waals surface area contributed by atoms with Crippen molar-refractivity contribution in [2.75, 3.05) is 26.4 Å². The van der Waals surface area contributed by atoms with Gasteiger partial charge < -0.3 is 33.2 Å². The highest BCUT2D eigenvalue weighted by Crippen LogP contribution is 2.33. The van der Waals surface area contributed by atoms with E-state index in [2.05, 4.69) is 0 Å². The van der Waals surface area contributed by atoms with E-state index in [4.69, 9.17) is 33.2 Å². The van der Waals surface area contributed by atoms with Gasteiger partial charge in [-0.3, -0.25) is 14.4 Å². The molecule has 3 fully saturated rings. The summed E-state index contributed by atoms with van der Waals surface area (Å²) in [5, 5.41) is 0. The highest BCUT2D eigenvalue weighted by Gasteiger charge is 2.45. The van der Waals surface area contributed by atoms with Crippen LogP contribution in [0.1, 0.15) is 87.9 Å². The molecule has 3 unspecified atom stereocenters. The predicted octanol–water partition coefficient (Wildman–Crippen LogP) is 6.79. The molecule has 2 saturated heterocycles. The molecule has 266 valence electrons. The summed E-state index contributed by atoms with van der Waals surface area (Å²) in [6, 6.07) is 16.1. The van der Waals surface area contributed by atoms with Gasteiger partial charge in [-0.05, 0) is 101 Å². The largest absolute Gasteiger partial charge is 0.491 e. The number of Topliss-reactive ketones (excluding diaryl/α,β-unsaturated/α-hetero) is 2. The van der Waals surface area contributed by atoms with Gasteiger partial charge in [-0.2, -0.15) is 0 Å². The van der Waals surface area contributed by atoms with Crippen LogP contribution in [0.4, 0.5) is 0 Å². The molecule has 5 rings (SSSR count). The number of hydrogen-bond acceptors (Lipinski definition) is 10. The lowest BCUT2D eigenvalue weighted by Gasteiger charge is -2.32. The van der Waals surface area contributed by atoms with E-state index in [9.17, 15) is 14.4 Å². The van der Waals surface area contributed by atoms with Gasteiger partial charge in [-0.15, -0.1) is 0 Å². The van der Waals surface area contributed by atoms with Crippen LogP contribution >= 0.6 is 0 Å². The number of rotatable bonds is 18. The molecule has 2 aromatic rings. The minimum atomic E-state index is -0.470. The molecule has 10 nitrogen and oxygen atoms in total. The molecule has 10 heteroatoms. The first kappa shape index (κ1) is 36.9. The summed E-state index contributed by atoms with van der Waals surface area (Å²) in [7, 11) is 0. The first-order valence-corrected chi connectivity index (χ1v) is 17.8. The Balaban J connectivity index is 1.15. The van der Waals surface area contributed by atoms with Crippen LogP contribution < -0.4 is 9.47 Å². The molecule has 2 aromatic carbocycles. The number of allylic oxidation sites excluding steroid dienone is 2. The first-order chi connectivity index (χ1) is 23.9. The molecular weight excluding hydrogens is 628 g/mol. The number of hydrogen-bond donors (Lipinski definition) is 0. The fraction of sp³-hybridized carbons (Fsp3) is 0.564. The van der Waals surface area contributed by atoms with Crippen LogP contribution in [-0.2, 0) is 33.3 Å². The minimum Gasteiger partial charge on any atom is -0.491 e. The molecular formula is C39H50O10. The van der Waals surface area contributed by atoms with Gasteiger partial charge in [-0.25, -0.2) is 0 Å². The first-order valence-electron chi connectivity index (χ1n) is 17.8. The summed E-state index contributed by atoms with van der Waals surface area (Å²) in [5.41, 5.74) is 0.567. The van der Waals surface area contributed by atoms with E-state index < -0.39 is 18.3 Å². The van der Waals surface area contributed by atoms with Crippen molar-refractivity contribution in [1.82, 2.24) is 0 Å². The second kappa shape index (κ2) is 19.7. The fourth-order valence-electron chi connectivity index (χ4n) is 6.29. The normalized spacial score (nSPS) is 24.9. The number of carbonyl (C=O) groups is 3. The van der Waals surface area contributed by atoms with Crippen LogP contribution in [0.25, 0.3) is 0 Å². The quantitative estimate of drug-likeness (QED) is 0.0549. The van der Waals surface area contributed by atoms with Crippen molar-refractivity contribution in [1.29, 1.82) is 0 Å². The summed E-state index contributed by atoms with van der Waals surface area (Å²) in [6.45, 7) is 3.30. The Hall–Kier alpha value is -3.41. The second-order valence-electron chi connectivity index (χ2n) is 12.9. The topological polar surface area (TPSA) is 116 Å². The van der Waals surface area contributed by atoms with Crippen LogP contribution in [0.2, 0.25) is 0 Å². The SMILES string of the molecule is CC(=O)c1ccc(OC(=O)CCC/C=C\C[C@H]2C(=O)C[C@H](OC3CCCCO3)[C@H]2OCC(COc2ccccc2)OC2CCCCO2)cc1. The third kappa shape index (κ3) is 12.2. The van der Waals surface area contributed by atoms with Crippen molar-refractivity contribution in [2.24, 2.45) is 5.92 Å². The highest BCUT2D eigenvalue weighted by molar-refractivity contribution is 5.94. The number of esters is 1. The van der Waals surface area contributed by atoms with Crippen molar-refractivity contribution in [3.05, 3.63) is 72.3 Å². The van der Waals surface area contributed by atoms with Gasteiger partial charge in [0.25, 0.3) is 0 Å². The maximum Gasteiger partial charge on any atom is 0.311 e. The lowest BCUT2D eigenvalue weighted by molar-refractivity contribution is -0.226. The van der Waals surface area contributed by atoms with E-state index in [0.29, 0.717) is 43.8 Å². The second-order valence-corrected chi connectivity index (χ2v) is 12.9. The third-order valence-corrected chi connectivity index (χ3v) is 8.98. The molecule has 1 aliphatic carbocycles. The Morgan fingerprint density at radius 2 is 1.61 bits per heavy atom. The van der Waals surface area contributed by atoms with E-state index in [1.54, 1.807) is 24.3 Å². The van der Waals surface area contributed by atoms with Crippen LogP contribution in [-0.4, -0.2) is 74.9 Å². The van der Waals surface area contributed by atoms with E-state index in [0.717, 1.165) is 44.3 Å². The molecule has 49 heavy (non-hydrogen) atoms. The van der Waals surface area contributed by atoms with Gasteiger partial charge in [0.2, 0.25) is 0 Å². The smallest absolute Gasteiger partial charge is 0.311 e. The van der Waals surface area contributed by atoms with Crippen molar-refractivity contribution in [3.63, 3.8) is 0 Å². The van der Waals surface area contributed by atoms with Crippen LogP contribution in [0.15, 0.2) is 66.7 Å². The number of para-hydroxylation sites is 1. The average Bonchev–Trinajstić information content (AvgIpc) is 3.41. The monoisotopic (exact) mass is 678 g/mol. The summed E-state index contributed by atoms with van der Waals surface area (Å²) in [6.07, 6.45) is 10.0. The van der Waals surface area contributed by atoms with Crippen LogP contribution in [0.5, 0.6) is 11.5 Å². The number of benzene rings is 2. The molecule has 0 spiro atoms. The van der Waals surface area contributed by atoms with E-state index in [-0.39, 0.29) is 62.1 Å². The zero-order valence-corrected chi connectivity index (χ0v) is 28.5. The standard InChI is InChI=1S/C39H50O10/c1-28(40)29-19-21-31(22-20-29)47-36(42)16-8-3-2-7-15-33-34(41)25-35(49-38-18-10-12-24-44-38)39(33)46-27-32(48-37-17-9-11-23-43-37)26-45-30-13-5-4-6-14-30/h2,4-7,13-14,19-22,32-33,35,37-39H,3,8-12,15-18,23-27H2,1H3/b7-2-/t32?,33-,35-,37?,38?,39-/m0/s1. The molecule has 0 amide bonds. The van der Waals surface area contributed by atoms with E-state index in [1.807, 2.05) is 42.5 Å². The molecule has 3 aliphatic rings. The Morgan fingerprint density at radius 3 is 2.31 bits per heavy atom. The van der Waals surface area contributed by atoms with E-state index >= 15 is 0 Å². The summed E-state index contributed by atoms with van der Waals surface area (Å²) < 4.78 is 42.4. The molecule has 0 radical (unpaired) electrons. The Labute approximate surface area is 289 Å². The van der Waals surface area contributed by atoms with Crippen LogP contribution in [0.3, 0.4) is 0 Å². The Bertz CT molecular complexity index is 1330. The van der Waals surface area contributed by atoms with Gasteiger partial charge in [0.05, 0.1) is 24.7 Å². The van der Waals surface area contributed by atoms with Gasteiger partial charge in [0, 0.05) is 31.6 Å². The lowest BCUT2D eigenvalue weighted by atomic mass is 9.99. The molecule has 0 aromatic heterocycles. The molecule has 0 bridgehead atoms. The predicted molar refractivity (Wildman–Crippen MR) is 181 cm³/mol. The van der Waals surface area contributed by atoms with Gasteiger partial charge in [0.15, 0.2) is 18.4 Å². The zero-order chi connectivity index (χ0) is 34.3. The zero-order valence-electron chi connectivity index (χ0n) is 28.5. The molecule has 1 saturated carbocycles. The van der Waals surface area contributed by atoms with Gasteiger partial charge in [-0.1, -0.05) is 30.4 Å². The van der Waals surface area contributed by atoms with Crippen LogP contribution in [0, 0.1) is 5.92 Å². The maximum absolute atomic E-state index is 13.4. The lowest BCUT2D eigenvalue weighted by Crippen LogP contribution is -2.40. The number of ketones is 2. The number of ether oxygens (including phenoxy) is 7. The number of carbonyl (C=O) groups excluding carboxylic acids is 3. The summed E-state index contributed by atoms with van der Waals surface area (Å²) in [4.78, 5) is 37.1. The minimum absolute atomic E-state index is 0.0421. The summed E-state index contributed by atoms with van der Waals surface area (Å²) in [5.74, 6) is 0.501. The Morgan fingerprint density at radius 1 is 0.878 bits per heavy atom. The van der Waals surface area contributed by atoms with Gasteiger partial charge in [0.1, 0.15) is 30.0 Å². The average molecular weight is 679 g/mol. The van der Waals surface area contributed by atoms with Crippen molar-refractivity contribution >= 4 is 17.5 Å². The molecule has 0 N–H and O–H groups in total. The summed E-state index contributed by atoms with van der Waals surface area (Å²) >= 11 is 0. The molecule has 6 atom stereocenters. The fourth-order valence-corrected chi connectivity index (χ4v) is 6.29. The maximum atomic E-state index is 13.4. The van der Waals surface area contributed by atoms with Crippen molar-refractivity contribution < 1.29 is 47.5 Å². The molecule has 2 heterocycles. The van der Waals surface area contributed by atoms with E-state index in [1.165, 1.54) is 6.92 Å². The van der Waals surface area contributed by atoms with Crippen molar-refractivity contribution in [3.8, 4) is 11.5 Å². The third-order valence-electron chi connectivity index (χ3n) is 8.98. The number of unbranched alkanes of at least 4 members (excludes halogenated alkanes) is 1. The van der Waals surface area contributed by atoms with Gasteiger partial charge >= 0.3 is 5.97 Å².